The van der Waals surface area contributed by atoms with Gasteiger partial charge in [0.05, 0.1) is 18.4 Å². The lowest BCUT2D eigenvalue weighted by Crippen LogP contribution is -2.09. The molecule has 3 rings (SSSR count). The van der Waals surface area contributed by atoms with E-state index >= 15 is 0 Å². The lowest BCUT2D eigenvalue weighted by molar-refractivity contribution is 0.0992. The van der Waals surface area contributed by atoms with Crippen molar-refractivity contribution in [1.82, 2.24) is 14.6 Å². The van der Waals surface area contributed by atoms with Gasteiger partial charge in [-0.25, -0.2) is 9.50 Å². The Labute approximate surface area is 144 Å². The Hall–Kier alpha value is -2.44. The Balaban J connectivity index is 1.84. The predicted octanol–water partition coefficient (Wildman–Crippen LogP) is 2.83. The number of aromatic nitrogens is 3. The first kappa shape index (κ1) is 16.4. The summed E-state index contributed by atoms with van der Waals surface area (Å²) in [7, 11) is 1.60. The second-order valence-electron chi connectivity index (χ2n) is 5.14. The topological polar surface area (TPSA) is 65.7 Å². The van der Waals surface area contributed by atoms with E-state index in [1.807, 2.05) is 0 Å². The SMILES string of the molecule is COCCOc1ccc(Cl)cc1CC(=O)c1cnn2cccnc12. The molecule has 0 saturated carbocycles. The van der Waals surface area contributed by atoms with E-state index in [1.165, 1.54) is 6.20 Å². The molecule has 6 nitrogen and oxygen atoms in total. The molecule has 0 saturated heterocycles. The zero-order valence-corrected chi connectivity index (χ0v) is 13.9. The standard InChI is InChI=1S/C17H16ClN3O3/c1-23-7-8-24-16-4-3-13(18)9-12(16)10-15(22)14-11-20-21-6-2-5-19-17(14)21/h2-6,9,11H,7-8,10H2,1H3. The molecular formula is C17H16ClN3O3. The van der Waals surface area contributed by atoms with E-state index in [9.17, 15) is 4.79 Å². The summed E-state index contributed by atoms with van der Waals surface area (Å²) in [6.45, 7) is 0.867. The number of halogens is 1. The number of carbonyl (C=O) groups excluding carboxylic acids is 1. The number of ether oxygens (including phenoxy) is 2. The molecule has 124 valence electrons. The van der Waals surface area contributed by atoms with E-state index < -0.39 is 0 Å². The number of hydrogen-bond acceptors (Lipinski definition) is 5. The van der Waals surface area contributed by atoms with Gasteiger partial charge >= 0.3 is 0 Å². The van der Waals surface area contributed by atoms with Gasteiger partial charge in [0.2, 0.25) is 0 Å². The average molecular weight is 346 g/mol. The van der Waals surface area contributed by atoms with E-state index in [0.29, 0.717) is 35.2 Å². The number of ketones is 1. The van der Waals surface area contributed by atoms with Gasteiger partial charge in [-0.05, 0) is 24.3 Å². The first-order valence-electron chi connectivity index (χ1n) is 7.41. The maximum absolute atomic E-state index is 12.7. The van der Waals surface area contributed by atoms with Crippen molar-refractivity contribution in [1.29, 1.82) is 0 Å². The molecule has 0 unspecified atom stereocenters. The summed E-state index contributed by atoms with van der Waals surface area (Å²) in [6, 6.07) is 6.98. The molecule has 0 amide bonds. The van der Waals surface area contributed by atoms with Crippen LogP contribution in [0.4, 0.5) is 0 Å². The van der Waals surface area contributed by atoms with E-state index in [0.717, 1.165) is 5.56 Å². The van der Waals surface area contributed by atoms with Crippen LogP contribution in [-0.4, -0.2) is 40.7 Å². The summed E-state index contributed by atoms with van der Waals surface area (Å²) >= 11 is 6.06. The molecule has 2 aromatic heterocycles. The summed E-state index contributed by atoms with van der Waals surface area (Å²) in [5, 5.41) is 4.69. The maximum Gasteiger partial charge on any atom is 0.172 e. The Morgan fingerprint density at radius 1 is 1.33 bits per heavy atom. The van der Waals surface area contributed by atoms with Crippen molar-refractivity contribution >= 4 is 23.0 Å². The van der Waals surface area contributed by atoms with Crippen LogP contribution in [0.5, 0.6) is 5.75 Å². The van der Waals surface area contributed by atoms with E-state index in [2.05, 4.69) is 10.1 Å². The number of hydrogen-bond donors (Lipinski definition) is 0. The lowest BCUT2D eigenvalue weighted by Gasteiger charge is -2.11. The molecule has 3 aromatic rings. The van der Waals surface area contributed by atoms with Crippen LogP contribution in [0.2, 0.25) is 5.02 Å². The zero-order chi connectivity index (χ0) is 16.9. The van der Waals surface area contributed by atoms with Gasteiger partial charge in [0.1, 0.15) is 12.4 Å². The quantitative estimate of drug-likeness (QED) is 0.486. The predicted molar refractivity (Wildman–Crippen MR) is 89.8 cm³/mol. The van der Waals surface area contributed by atoms with Gasteiger partial charge in [0, 0.05) is 36.5 Å². The number of benzene rings is 1. The van der Waals surface area contributed by atoms with Gasteiger partial charge in [0.25, 0.3) is 0 Å². The Morgan fingerprint density at radius 3 is 3.04 bits per heavy atom. The van der Waals surface area contributed by atoms with Crippen LogP contribution < -0.4 is 4.74 Å². The van der Waals surface area contributed by atoms with Crippen molar-refractivity contribution in [2.45, 2.75) is 6.42 Å². The molecule has 0 radical (unpaired) electrons. The number of methoxy groups -OCH3 is 1. The van der Waals surface area contributed by atoms with Crippen molar-refractivity contribution in [3.63, 3.8) is 0 Å². The third-order valence-corrected chi connectivity index (χ3v) is 3.73. The summed E-state index contributed by atoms with van der Waals surface area (Å²) in [6.07, 6.45) is 5.06. The molecule has 0 aliphatic carbocycles. The summed E-state index contributed by atoms with van der Waals surface area (Å²) < 4.78 is 12.2. The van der Waals surface area contributed by atoms with Gasteiger partial charge in [0.15, 0.2) is 11.4 Å². The minimum atomic E-state index is -0.0949. The largest absolute Gasteiger partial charge is 0.491 e. The van der Waals surface area contributed by atoms with Crippen molar-refractivity contribution in [2.75, 3.05) is 20.3 Å². The molecule has 0 fully saturated rings. The molecule has 2 heterocycles. The Morgan fingerprint density at radius 2 is 2.21 bits per heavy atom. The first-order valence-corrected chi connectivity index (χ1v) is 7.78. The Kier molecular flexibility index (Phi) is 5.08. The van der Waals surface area contributed by atoms with Crippen molar-refractivity contribution < 1.29 is 14.3 Å². The zero-order valence-electron chi connectivity index (χ0n) is 13.1. The second-order valence-corrected chi connectivity index (χ2v) is 5.58. The summed E-state index contributed by atoms with van der Waals surface area (Å²) in [5.74, 6) is 0.525. The fourth-order valence-corrected chi connectivity index (χ4v) is 2.55. The highest BCUT2D eigenvalue weighted by atomic mass is 35.5. The van der Waals surface area contributed by atoms with Crippen LogP contribution in [-0.2, 0) is 11.2 Å². The van der Waals surface area contributed by atoms with Gasteiger partial charge < -0.3 is 9.47 Å². The van der Waals surface area contributed by atoms with Crippen LogP contribution in [0.15, 0.2) is 42.9 Å². The first-order chi connectivity index (χ1) is 11.7. The van der Waals surface area contributed by atoms with E-state index in [-0.39, 0.29) is 12.2 Å². The fourth-order valence-electron chi connectivity index (χ4n) is 2.35. The highest BCUT2D eigenvalue weighted by Gasteiger charge is 2.16. The Bertz CT molecular complexity index is 863. The van der Waals surface area contributed by atoms with Crippen LogP contribution >= 0.6 is 11.6 Å². The molecule has 7 heteroatoms. The highest BCUT2D eigenvalue weighted by molar-refractivity contribution is 6.30. The summed E-state index contributed by atoms with van der Waals surface area (Å²) in [5.41, 5.74) is 1.73. The molecule has 24 heavy (non-hydrogen) atoms. The number of carbonyl (C=O) groups is 1. The molecular weight excluding hydrogens is 330 g/mol. The van der Waals surface area contributed by atoms with E-state index in [1.54, 1.807) is 48.3 Å². The van der Waals surface area contributed by atoms with Gasteiger partial charge in [-0.2, -0.15) is 5.10 Å². The fraction of sp³-hybridized carbons (Fsp3) is 0.235. The minimum absolute atomic E-state index is 0.0949. The molecule has 0 aliphatic heterocycles. The number of fused-ring (bicyclic) bond motifs is 1. The minimum Gasteiger partial charge on any atom is -0.491 e. The van der Waals surface area contributed by atoms with Crippen molar-refractivity contribution in [3.05, 3.63) is 59.0 Å². The monoisotopic (exact) mass is 345 g/mol. The molecule has 0 aliphatic rings. The van der Waals surface area contributed by atoms with Gasteiger partial charge in [-0.3, -0.25) is 4.79 Å². The molecule has 0 bridgehead atoms. The molecule has 0 N–H and O–H groups in total. The van der Waals surface area contributed by atoms with Crippen LogP contribution in [0.1, 0.15) is 15.9 Å². The number of nitrogens with zero attached hydrogens (tertiary/aromatic N) is 3. The highest BCUT2D eigenvalue weighted by Crippen LogP contribution is 2.25. The van der Waals surface area contributed by atoms with Gasteiger partial charge in [-0.15, -0.1) is 0 Å². The molecule has 1 aromatic carbocycles. The van der Waals surface area contributed by atoms with Crippen molar-refractivity contribution in [3.8, 4) is 5.75 Å². The van der Waals surface area contributed by atoms with Crippen LogP contribution in [0.25, 0.3) is 5.65 Å². The van der Waals surface area contributed by atoms with Crippen molar-refractivity contribution in [2.24, 2.45) is 0 Å². The second kappa shape index (κ2) is 7.42. The smallest absolute Gasteiger partial charge is 0.172 e. The molecule has 0 spiro atoms. The van der Waals surface area contributed by atoms with Crippen LogP contribution in [0, 0.1) is 0 Å². The van der Waals surface area contributed by atoms with Crippen LogP contribution in [0.3, 0.4) is 0 Å². The molecule has 0 atom stereocenters. The third-order valence-electron chi connectivity index (χ3n) is 3.50. The lowest BCUT2D eigenvalue weighted by atomic mass is 10.0. The average Bonchev–Trinajstić information content (AvgIpc) is 3.01. The maximum atomic E-state index is 12.7. The number of Topliss-reactive ketones (excluding diaryl/α,β-unsaturated/α-hetero) is 1. The van der Waals surface area contributed by atoms with E-state index in [4.69, 9.17) is 21.1 Å². The summed E-state index contributed by atoms with van der Waals surface area (Å²) in [4.78, 5) is 16.9. The van der Waals surface area contributed by atoms with Gasteiger partial charge in [-0.1, -0.05) is 11.6 Å². The normalized spacial score (nSPS) is 10.9. The third kappa shape index (κ3) is 3.55. The number of rotatable bonds is 7.